The van der Waals surface area contributed by atoms with E-state index >= 15 is 0 Å². The largest absolute Gasteiger partial charge is 0.354 e. The fourth-order valence-corrected chi connectivity index (χ4v) is 2.76. The van der Waals surface area contributed by atoms with Crippen molar-refractivity contribution in [3.05, 3.63) is 0 Å². The number of piperidine rings is 1. The van der Waals surface area contributed by atoms with Gasteiger partial charge in [-0.05, 0) is 46.7 Å². The van der Waals surface area contributed by atoms with Gasteiger partial charge in [0.1, 0.15) is 0 Å². The fourth-order valence-electron chi connectivity index (χ4n) is 2.76. The van der Waals surface area contributed by atoms with Gasteiger partial charge >= 0.3 is 0 Å². The molecule has 0 saturated carbocycles. The van der Waals surface area contributed by atoms with E-state index in [1.165, 1.54) is 0 Å². The van der Waals surface area contributed by atoms with E-state index in [9.17, 15) is 4.79 Å². The Bertz CT molecular complexity index is 267. The van der Waals surface area contributed by atoms with Crippen LogP contribution in [0.15, 0.2) is 0 Å². The van der Waals surface area contributed by atoms with Gasteiger partial charge in [-0.1, -0.05) is 13.3 Å². The molecule has 1 rings (SSSR count). The standard InChI is InChI=1S/C15H31N3O/c1-5-7-15(8-6-9-16-12-15)14(19)17-10-11-18(4)13(2)3/h13,16H,5-12H2,1-4H3,(H,17,19). The van der Waals surface area contributed by atoms with Crippen molar-refractivity contribution in [2.45, 2.75) is 52.5 Å². The van der Waals surface area contributed by atoms with Gasteiger partial charge in [0.15, 0.2) is 0 Å². The molecule has 19 heavy (non-hydrogen) atoms. The minimum absolute atomic E-state index is 0.163. The predicted molar refractivity (Wildman–Crippen MR) is 80.2 cm³/mol. The summed E-state index contributed by atoms with van der Waals surface area (Å²) in [5, 5.41) is 6.53. The van der Waals surface area contributed by atoms with E-state index in [2.05, 4.69) is 43.4 Å². The Hall–Kier alpha value is -0.610. The Morgan fingerprint density at radius 3 is 2.74 bits per heavy atom. The van der Waals surface area contributed by atoms with Crippen molar-refractivity contribution >= 4 is 5.91 Å². The fraction of sp³-hybridized carbons (Fsp3) is 0.933. The van der Waals surface area contributed by atoms with Crippen molar-refractivity contribution in [1.29, 1.82) is 0 Å². The maximum atomic E-state index is 12.5. The van der Waals surface area contributed by atoms with Crippen LogP contribution in [0.3, 0.4) is 0 Å². The number of hydrogen-bond donors (Lipinski definition) is 2. The Balaban J connectivity index is 2.44. The van der Waals surface area contributed by atoms with E-state index in [4.69, 9.17) is 0 Å². The molecule has 112 valence electrons. The number of nitrogens with one attached hydrogen (secondary N) is 2. The summed E-state index contributed by atoms with van der Waals surface area (Å²) >= 11 is 0. The number of amides is 1. The first-order valence-corrected chi connectivity index (χ1v) is 7.71. The first-order chi connectivity index (χ1) is 9.02. The lowest BCUT2D eigenvalue weighted by Gasteiger charge is -2.36. The van der Waals surface area contributed by atoms with Crippen LogP contribution in [0.5, 0.6) is 0 Å². The number of carbonyl (C=O) groups excluding carboxylic acids is 1. The molecule has 4 nitrogen and oxygen atoms in total. The third kappa shape index (κ3) is 4.77. The first kappa shape index (κ1) is 16.4. The van der Waals surface area contributed by atoms with E-state index < -0.39 is 0 Å². The second kappa shape index (κ2) is 7.85. The molecule has 2 N–H and O–H groups in total. The Labute approximate surface area is 118 Å². The molecular formula is C15H31N3O. The van der Waals surface area contributed by atoms with Gasteiger partial charge in [-0.3, -0.25) is 4.79 Å². The van der Waals surface area contributed by atoms with Crippen LogP contribution in [0.4, 0.5) is 0 Å². The molecule has 1 atom stereocenters. The van der Waals surface area contributed by atoms with Crippen molar-refractivity contribution < 1.29 is 4.79 Å². The van der Waals surface area contributed by atoms with Crippen LogP contribution in [-0.4, -0.2) is 50.1 Å². The summed E-state index contributed by atoms with van der Waals surface area (Å²) in [6, 6.07) is 0.526. The van der Waals surface area contributed by atoms with Crippen LogP contribution in [-0.2, 0) is 4.79 Å². The zero-order chi connectivity index (χ0) is 14.3. The molecule has 1 saturated heterocycles. The SMILES string of the molecule is CCCC1(C(=O)NCCN(C)C(C)C)CCCNC1. The molecule has 1 unspecified atom stereocenters. The van der Waals surface area contributed by atoms with Crippen molar-refractivity contribution in [3.8, 4) is 0 Å². The summed E-state index contributed by atoms with van der Waals surface area (Å²) in [4.78, 5) is 14.7. The molecule has 1 fully saturated rings. The van der Waals surface area contributed by atoms with Gasteiger partial charge in [-0.2, -0.15) is 0 Å². The average molecular weight is 269 g/mol. The summed E-state index contributed by atoms with van der Waals surface area (Å²) in [7, 11) is 2.10. The molecule has 1 aliphatic heterocycles. The lowest BCUT2D eigenvalue weighted by molar-refractivity contribution is -0.132. The Kier molecular flexibility index (Phi) is 6.80. The smallest absolute Gasteiger partial charge is 0.227 e. The molecular weight excluding hydrogens is 238 g/mol. The summed E-state index contributed by atoms with van der Waals surface area (Å²) in [6.45, 7) is 10.1. The molecule has 0 aromatic carbocycles. The number of nitrogens with zero attached hydrogens (tertiary/aromatic N) is 1. The minimum atomic E-state index is -0.163. The Morgan fingerprint density at radius 2 is 2.21 bits per heavy atom. The van der Waals surface area contributed by atoms with Gasteiger partial charge in [-0.15, -0.1) is 0 Å². The molecule has 1 heterocycles. The topological polar surface area (TPSA) is 44.4 Å². The van der Waals surface area contributed by atoms with Crippen LogP contribution in [0.2, 0.25) is 0 Å². The summed E-state index contributed by atoms with van der Waals surface area (Å²) in [5.41, 5.74) is -0.163. The molecule has 0 aliphatic carbocycles. The highest BCUT2D eigenvalue weighted by Crippen LogP contribution is 2.31. The maximum Gasteiger partial charge on any atom is 0.227 e. The summed E-state index contributed by atoms with van der Waals surface area (Å²) in [6.07, 6.45) is 4.20. The zero-order valence-electron chi connectivity index (χ0n) is 13.1. The van der Waals surface area contributed by atoms with E-state index in [1.54, 1.807) is 0 Å². The molecule has 0 spiro atoms. The van der Waals surface area contributed by atoms with Crippen LogP contribution in [0, 0.1) is 5.41 Å². The van der Waals surface area contributed by atoms with Gasteiger partial charge in [-0.25, -0.2) is 0 Å². The van der Waals surface area contributed by atoms with Crippen molar-refractivity contribution in [2.24, 2.45) is 5.41 Å². The first-order valence-electron chi connectivity index (χ1n) is 7.71. The molecule has 0 radical (unpaired) electrons. The summed E-state index contributed by atoms with van der Waals surface area (Å²) < 4.78 is 0. The van der Waals surface area contributed by atoms with E-state index in [1.807, 2.05) is 0 Å². The van der Waals surface area contributed by atoms with Gasteiger partial charge < -0.3 is 15.5 Å². The lowest BCUT2D eigenvalue weighted by Crippen LogP contribution is -2.51. The third-order valence-corrected chi connectivity index (χ3v) is 4.31. The number of likely N-dealkylation sites (N-methyl/N-ethyl adjacent to an activating group) is 1. The molecule has 0 aromatic rings. The van der Waals surface area contributed by atoms with Crippen LogP contribution < -0.4 is 10.6 Å². The van der Waals surface area contributed by atoms with E-state index in [-0.39, 0.29) is 11.3 Å². The minimum Gasteiger partial charge on any atom is -0.354 e. The third-order valence-electron chi connectivity index (χ3n) is 4.31. The highest BCUT2D eigenvalue weighted by atomic mass is 16.2. The number of hydrogen-bond acceptors (Lipinski definition) is 3. The normalized spacial score (nSPS) is 23.9. The second-order valence-electron chi connectivity index (χ2n) is 6.14. The summed E-state index contributed by atoms with van der Waals surface area (Å²) in [5.74, 6) is 0.249. The van der Waals surface area contributed by atoms with Gasteiger partial charge in [0.2, 0.25) is 5.91 Å². The van der Waals surface area contributed by atoms with Gasteiger partial charge in [0.05, 0.1) is 5.41 Å². The van der Waals surface area contributed by atoms with Gasteiger partial charge in [0, 0.05) is 25.7 Å². The van der Waals surface area contributed by atoms with E-state index in [0.29, 0.717) is 6.04 Å². The average Bonchev–Trinajstić information content (AvgIpc) is 2.39. The quantitative estimate of drug-likeness (QED) is 0.738. The van der Waals surface area contributed by atoms with Gasteiger partial charge in [0.25, 0.3) is 0 Å². The molecule has 0 bridgehead atoms. The van der Waals surface area contributed by atoms with Crippen LogP contribution >= 0.6 is 0 Å². The van der Waals surface area contributed by atoms with Crippen LogP contribution in [0.1, 0.15) is 46.5 Å². The zero-order valence-corrected chi connectivity index (χ0v) is 13.1. The number of rotatable bonds is 7. The monoisotopic (exact) mass is 269 g/mol. The molecule has 4 heteroatoms. The predicted octanol–water partition coefficient (Wildman–Crippen LogP) is 1.61. The Morgan fingerprint density at radius 1 is 1.47 bits per heavy atom. The lowest BCUT2D eigenvalue weighted by atomic mass is 9.76. The highest BCUT2D eigenvalue weighted by molar-refractivity contribution is 5.83. The number of carbonyl (C=O) groups is 1. The molecule has 1 aliphatic rings. The van der Waals surface area contributed by atoms with Crippen molar-refractivity contribution in [3.63, 3.8) is 0 Å². The van der Waals surface area contributed by atoms with Crippen molar-refractivity contribution in [1.82, 2.24) is 15.5 Å². The second-order valence-corrected chi connectivity index (χ2v) is 6.14. The maximum absolute atomic E-state index is 12.5. The van der Waals surface area contributed by atoms with E-state index in [0.717, 1.165) is 51.9 Å². The highest BCUT2D eigenvalue weighted by Gasteiger charge is 2.38. The van der Waals surface area contributed by atoms with Crippen LogP contribution in [0.25, 0.3) is 0 Å². The van der Waals surface area contributed by atoms with Crippen molar-refractivity contribution in [2.75, 3.05) is 33.2 Å². The molecule has 0 aromatic heterocycles. The molecule has 1 amide bonds.